The van der Waals surface area contributed by atoms with Gasteiger partial charge in [0.05, 0.1) is 10.7 Å². The second-order valence-corrected chi connectivity index (χ2v) is 6.07. The molecule has 1 N–H and O–H groups in total. The standard InChI is InChI=1S/C13H23N3S/c1-4-16(12-5-6-12)8-7-14-9-13-10(2)15-11(3)17-13/h12,14H,4-9H2,1-3H3. The minimum atomic E-state index is 0.884. The molecule has 0 radical (unpaired) electrons. The Hall–Kier alpha value is -0.450. The van der Waals surface area contributed by atoms with E-state index in [0.29, 0.717) is 0 Å². The Morgan fingerprint density at radius 3 is 2.71 bits per heavy atom. The van der Waals surface area contributed by atoms with E-state index in [0.717, 1.165) is 19.1 Å². The van der Waals surface area contributed by atoms with E-state index in [2.05, 4.69) is 36.0 Å². The van der Waals surface area contributed by atoms with Gasteiger partial charge in [0.2, 0.25) is 0 Å². The van der Waals surface area contributed by atoms with Crippen LogP contribution in [0, 0.1) is 13.8 Å². The fraction of sp³-hybridized carbons (Fsp3) is 0.769. The third kappa shape index (κ3) is 3.76. The van der Waals surface area contributed by atoms with Gasteiger partial charge in [0.25, 0.3) is 0 Å². The number of hydrogen-bond acceptors (Lipinski definition) is 4. The number of nitrogens with zero attached hydrogens (tertiary/aromatic N) is 2. The number of aryl methyl sites for hydroxylation is 2. The maximum atomic E-state index is 4.45. The molecular weight excluding hydrogens is 230 g/mol. The molecule has 0 aliphatic heterocycles. The highest BCUT2D eigenvalue weighted by Crippen LogP contribution is 2.25. The Morgan fingerprint density at radius 2 is 2.18 bits per heavy atom. The van der Waals surface area contributed by atoms with E-state index in [1.54, 1.807) is 0 Å². The van der Waals surface area contributed by atoms with Gasteiger partial charge >= 0.3 is 0 Å². The summed E-state index contributed by atoms with van der Waals surface area (Å²) in [5.41, 5.74) is 1.19. The van der Waals surface area contributed by atoms with Crippen molar-refractivity contribution in [2.24, 2.45) is 0 Å². The zero-order chi connectivity index (χ0) is 12.3. The number of nitrogens with one attached hydrogen (secondary N) is 1. The van der Waals surface area contributed by atoms with E-state index in [9.17, 15) is 0 Å². The molecule has 0 atom stereocenters. The number of hydrogen-bond donors (Lipinski definition) is 1. The van der Waals surface area contributed by atoms with Gasteiger partial charge in [-0.25, -0.2) is 4.98 Å². The number of thiazole rings is 1. The lowest BCUT2D eigenvalue weighted by molar-refractivity contribution is 0.277. The minimum Gasteiger partial charge on any atom is -0.311 e. The van der Waals surface area contributed by atoms with Crippen LogP contribution in [-0.4, -0.2) is 35.6 Å². The molecule has 1 fully saturated rings. The smallest absolute Gasteiger partial charge is 0.0900 e. The largest absolute Gasteiger partial charge is 0.311 e. The van der Waals surface area contributed by atoms with Crippen LogP contribution < -0.4 is 5.32 Å². The Kier molecular flexibility index (Phi) is 4.54. The van der Waals surface area contributed by atoms with Gasteiger partial charge in [0.15, 0.2) is 0 Å². The van der Waals surface area contributed by atoms with Gasteiger partial charge in [0.1, 0.15) is 0 Å². The second kappa shape index (κ2) is 5.94. The molecule has 0 unspecified atom stereocenters. The molecule has 0 bridgehead atoms. The van der Waals surface area contributed by atoms with Crippen LogP contribution in [0.15, 0.2) is 0 Å². The van der Waals surface area contributed by atoms with E-state index in [1.807, 2.05) is 11.3 Å². The van der Waals surface area contributed by atoms with Crippen molar-refractivity contribution in [1.82, 2.24) is 15.2 Å². The quantitative estimate of drug-likeness (QED) is 0.756. The van der Waals surface area contributed by atoms with Crippen LogP contribution in [0.1, 0.15) is 35.3 Å². The second-order valence-electron chi connectivity index (χ2n) is 4.78. The zero-order valence-electron chi connectivity index (χ0n) is 11.1. The van der Waals surface area contributed by atoms with E-state index >= 15 is 0 Å². The summed E-state index contributed by atoms with van der Waals surface area (Å²) in [5, 5.41) is 4.71. The molecule has 1 aliphatic carbocycles. The summed E-state index contributed by atoms with van der Waals surface area (Å²) < 4.78 is 0. The lowest BCUT2D eigenvalue weighted by Gasteiger charge is -2.19. The summed E-state index contributed by atoms with van der Waals surface area (Å²) in [7, 11) is 0. The highest BCUT2D eigenvalue weighted by Gasteiger charge is 2.26. The van der Waals surface area contributed by atoms with Crippen LogP contribution in [0.3, 0.4) is 0 Å². The van der Waals surface area contributed by atoms with Gasteiger partial charge in [-0.3, -0.25) is 4.90 Å². The third-order valence-electron chi connectivity index (χ3n) is 3.33. The Labute approximate surface area is 108 Å². The first kappa shape index (κ1) is 13.0. The molecule has 3 nitrogen and oxygen atoms in total. The molecule has 0 saturated heterocycles. The van der Waals surface area contributed by atoms with Crippen molar-refractivity contribution < 1.29 is 0 Å². The summed E-state index contributed by atoms with van der Waals surface area (Å²) >= 11 is 1.81. The average molecular weight is 253 g/mol. The number of aromatic nitrogens is 1. The lowest BCUT2D eigenvalue weighted by Crippen LogP contribution is -2.33. The van der Waals surface area contributed by atoms with Crippen molar-refractivity contribution >= 4 is 11.3 Å². The molecule has 0 spiro atoms. The maximum Gasteiger partial charge on any atom is 0.0900 e. The normalized spacial score (nSPS) is 15.8. The minimum absolute atomic E-state index is 0.884. The number of rotatable bonds is 7. The molecule has 1 saturated carbocycles. The van der Waals surface area contributed by atoms with E-state index in [1.165, 1.54) is 41.5 Å². The molecule has 17 heavy (non-hydrogen) atoms. The van der Waals surface area contributed by atoms with Crippen molar-refractivity contribution in [2.45, 2.75) is 46.2 Å². The SMILES string of the molecule is CCN(CCNCc1sc(C)nc1C)C1CC1. The van der Waals surface area contributed by atoms with Crippen LogP contribution in [0.5, 0.6) is 0 Å². The van der Waals surface area contributed by atoms with Crippen molar-refractivity contribution in [3.05, 3.63) is 15.6 Å². The lowest BCUT2D eigenvalue weighted by atomic mass is 10.4. The van der Waals surface area contributed by atoms with E-state index in [-0.39, 0.29) is 0 Å². The van der Waals surface area contributed by atoms with Gasteiger partial charge in [-0.15, -0.1) is 11.3 Å². The fourth-order valence-electron chi connectivity index (χ4n) is 2.20. The molecule has 0 amide bonds. The van der Waals surface area contributed by atoms with Gasteiger partial charge in [-0.05, 0) is 33.2 Å². The summed E-state index contributed by atoms with van der Waals surface area (Å²) in [4.78, 5) is 8.41. The Morgan fingerprint density at radius 1 is 1.41 bits per heavy atom. The highest BCUT2D eigenvalue weighted by molar-refractivity contribution is 7.11. The zero-order valence-corrected chi connectivity index (χ0v) is 11.9. The van der Waals surface area contributed by atoms with Crippen molar-refractivity contribution in [1.29, 1.82) is 0 Å². The molecule has 1 aromatic heterocycles. The average Bonchev–Trinajstić information content (AvgIpc) is 3.06. The summed E-state index contributed by atoms with van der Waals surface area (Å²) in [6.45, 7) is 10.9. The summed E-state index contributed by atoms with van der Waals surface area (Å²) in [6.07, 6.45) is 2.81. The molecule has 4 heteroatoms. The molecule has 0 aromatic carbocycles. The van der Waals surface area contributed by atoms with Crippen LogP contribution in [0.2, 0.25) is 0 Å². The molecular formula is C13H23N3S. The van der Waals surface area contributed by atoms with E-state index < -0.39 is 0 Å². The first-order valence-corrected chi connectivity index (χ1v) is 7.40. The van der Waals surface area contributed by atoms with Crippen molar-refractivity contribution in [2.75, 3.05) is 19.6 Å². The van der Waals surface area contributed by atoms with Crippen LogP contribution >= 0.6 is 11.3 Å². The van der Waals surface area contributed by atoms with Crippen LogP contribution in [0.4, 0.5) is 0 Å². The molecule has 1 aromatic rings. The summed E-state index contributed by atoms with van der Waals surface area (Å²) in [6, 6.07) is 0.884. The van der Waals surface area contributed by atoms with Gasteiger partial charge < -0.3 is 5.32 Å². The third-order valence-corrected chi connectivity index (χ3v) is 4.40. The molecule has 1 heterocycles. The predicted molar refractivity (Wildman–Crippen MR) is 73.6 cm³/mol. The van der Waals surface area contributed by atoms with Gasteiger partial charge in [-0.2, -0.15) is 0 Å². The van der Waals surface area contributed by atoms with Gasteiger partial charge in [0, 0.05) is 30.6 Å². The Balaban J connectivity index is 1.67. The van der Waals surface area contributed by atoms with Crippen LogP contribution in [0.25, 0.3) is 0 Å². The highest BCUT2D eigenvalue weighted by atomic mass is 32.1. The van der Waals surface area contributed by atoms with Crippen molar-refractivity contribution in [3.63, 3.8) is 0 Å². The Bertz CT molecular complexity index is 358. The topological polar surface area (TPSA) is 28.2 Å². The maximum absolute atomic E-state index is 4.45. The molecule has 2 rings (SSSR count). The number of likely N-dealkylation sites (N-methyl/N-ethyl adjacent to an activating group) is 1. The van der Waals surface area contributed by atoms with Crippen molar-refractivity contribution in [3.8, 4) is 0 Å². The van der Waals surface area contributed by atoms with Crippen LogP contribution in [-0.2, 0) is 6.54 Å². The molecule has 96 valence electrons. The monoisotopic (exact) mass is 253 g/mol. The first-order chi connectivity index (χ1) is 8.20. The molecule has 1 aliphatic rings. The predicted octanol–water partition coefficient (Wildman–Crippen LogP) is 2.33. The van der Waals surface area contributed by atoms with Gasteiger partial charge in [-0.1, -0.05) is 6.92 Å². The van der Waals surface area contributed by atoms with E-state index in [4.69, 9.17) is 0 Å². The first-order valence-electron chi connectivity index (χ1n) is 6.58. The fourth-order valence-corrected chi connectivity index (χ4v) is 3.11. The summed E-state index contributed by atoms with van der Waals surface area (Å²) in [5.74, 6) is 0.